The van der Waals surface area contributed by atoms with Crippen LogP contribution in [0.25, 0.3) is 28.3 Å². The van der Waals surface area contributed by atoms with Crippen molar-refractivity contribution < 1.29 is 4.74 Å². The normalized spacial score (nSPS) is 10.7. The molecular formula is C25H26O. The van der Waals surface area contributed by atoms with Crippen molar-refractivity contribution in [3.8, 4) is 22.3 Å². The molecule has 0 N–H and O–H groups in total. The molecule has 1 heteroatoms. The fourth-order valence-electron chi connectivity index (χ4n) is 3.04. The van der Waals surface area contributed by atoms with Crippen molar-refractivity contribution in [3.05, 3.63) is 90.5 Å². The summed E-state index contributed by atoms with van der Waals surface area (Å²) in [4.78, 5) is 0. The van der Waals surface area contributed by atoms with Gasteiger partial charge in [0.1, 0.15) is 0 Å². The highest BCUT2D eigenvalue weighted by Crippen LogP contribution is 2.28. The molecule has 0 radical (unpaired) electrons. The maximum absolute atomic E-state index is 5.74. The molecule has 132 valence electrons. The zero-order chi connectivity index (χ0) is 18.2. The molecule has 0 aliphatic carbocycles. The van der Waals surface area contributed by atoms with Crippen molar-refractivity contribution in [2.24, 2.45) is 0 Å². The third-order valence-corrected chi connectivity index (χ3v) is 4.55. The second-order valence-electron chi connectivity index (χ2n) is 6.48. The van der Waals surface area contributed by atoms with E-state index in [2.05, 4.69) is 80.2 Å². The van der Waals surface area contributed by atoms with Crippen molar-refractivity contribution in [3.63, 3.8) is 0 Å². The SMILES string of the molecule is C=Cc1cc(COCCCC)ccc1-c1ccc(-c2ccccc2)cc1. The summed E-state index contributed by atoms with van der Waals surface area (Å²) in [5.74, 6) is 0. The zero-order valence-electron chi connectivity index (χ0n) is 15.4. The fraction of sp³-hybridized carbons (Fsp3) is 0.200. The maximum atomic E-state index is 5.74. The van der Waals surface area contributed by atoms with Gasteiger partial charge in [0.2, 0.25) is 0 Å². The summed E-state index contributed by atoms with van der Waals surface area (Å²) in [6.07, 6.45) is 4.20. The summed E-state index contributed by atoms with van der Waals surface area (Å²) in [5.41, 5.74) is 7.22. The van der Waals surface area contributed by atoms with Gasteiger partial charge in [-0.3, -0.25) is 0 Å². The molecule has 0 fully saturated rings. The van der Waals surface area contributed by atoms with E-state index in [0.717, 1.165) is 25.0 Å². The van der Waals surface area contributed by atoms with Gasteiger partial charge in [0.25, 0.3) is 0 Å². The van der Waals surface area contributed by atoms with E-state index in [9.17, 15) is 0 Å². The standard InChI is InChI=1S/C25H26O/c1-3-5-17-26-19-20-11-16-25(21(4-2)18-20)24-14-12-23(13-15-24)22-9-7-6-8-10-22/h4,6-16,18H,2-3,5,17,19H2,1H3. The number of hydrogen-bond acceptors (Lipinski definition) is 1. The van der Waals surface area contributed by atoms with Crippen LogP contribution in [0.1, 0.15) is 30.9 Å². The second-order valence-corrected chi connectivity index (χ2v) is 6.48. The summed E-state index contributed by atoms with van der Waals surface area (Å²) < 4.78 is 5.74. The highest BCUT2D eigenvalue weighted by molar-refractivity contribution is 5.77. The van der Waals surface area contributed by atoms with Crippen LogP contribution in [0.4, 0.5) is 0 Å². The van der Waals surface area contributed by atoms with Crippen LogP contribution in [0.3, 0.4) is 0 Å². The lowest BCUT2D eigenvalue weighted by Gasteiger charge is -2.11. The molecule has 1 nitrogen and oxygen atoms in total. The average molecular weight is 342 g/mol. The minimum atomic E-state index is 0.661. The third-order valence-electron chi connectivity index (χ3n) is 4.55. The highest BCUT2D eigenvalue weighted by Gasteiger charge is 2.06. The van der Waals surface area contributed by atoms with Crippen molar-refractivity contribution in [1.29, 1.82) is 0 Å². The predicted molar refractivity (Wildman–Crippen MR) is 112 cm³/mol. The molecule has 3 rings (SSSR count). The molecule has 3 aromatic carbocycles. The first-order valence-corrected chi connectivity index (χ1v) is 9.31. The van der Waals surface area contributed by atoms with E-state index in [-0.39, 0.29) is 0 Å². The van der Waals surface area contributed by atoms with Crippen LogP contribution in [0.15, 0.2) is 79.4 Å². The van der Waals surface area contributed by atoms with Crippen LogP contribution >= 0.6 is 0 Å². The van der Waals surface area contributed by atoms with Gasteiger partial charge < -0.3 is 4.74 Å². The van der Waals surface area contributed by atoms with Gasteiger partial charge in [0.15, 0.2) is 0 Å². The first-order valence-electron chi connectivity index (χ1n) is 9.31. The Morgan fingerprint density at radius 1 is 0.846 bits per heavy atom. The lowest BCUT2D eigenvalue weighted by atomic mass is 9.95. The molecule has 26 heavy (non-hydrogen) atoms. The van der Waals surface area contributed by atoms with Crippen molar-refractivity contribution in [1.82, 2.24) is 0 Å². The number of rotatable bonds is 8. The van der Waals surface area contributed by atoms with Gasteiger partial charge in [-0.25, -0.2) is 0 Å². The molecular weight excluding hydrogens is 316 g/mol. The van der Waals surface area contributed by atoms with Gasteiger partial charge in [0.05, 0.1) is 6.61 Å². The lowest BCUT2D eigenvalue weighted by molar-refractivity contribution is 0.118. The molecule has 0 aliphatic heterocycles. The van der Waals surface area contributed by atoms with Gasteiger partial charge >= 0.3 is 0 Å². The van der Waals surface area contributed by atoms with Gasteiger partial charge in [-0.1, -0.05) is 92.7 Å². The number of hydrogen-bond donors (Lipinski definition) is 0. The van der Waals surface area contributed by atoms with Crippen molar-refractivity contribution in [2.45, 2.75) is 26.4 Å². The minimum absolute atomic E-state index is 0.661. The first kappa shape index (κ1) is 18.2. The van der Waals surface area contributed by atoms with Crippen LogP contribution in [0.5, 0.6) is 0 Å². The molecule has 0 saturated carbocycles. The molecule has 0 unspecified atom stereocenters. The largest absolute Gasteiger partial charge is 0.377 e. The Labute approximate surface area is 157 Å². The molecule has 0 amide bonds. The molecule has 0 bridgehead atoms. The third kappa shape index (κ3) is 4.50. The Kier molecular flexibility index (Phi) is 6.40. The predicted octanol–water partition coefficient (Wildman–Crippen LogP) is 6.98. The van der Waals surface area contributed by atoms with E-state index in [1.54, 1.807) is 0 Å². The van der Waals surface area contributed by atoms with E-state index in [0.29, 0.717) is 6.61 Å². The topological polar surface area (TPSA) is 9.23 Å². The summed E-state index contributed by atoms with van der Waals surface area (Å²) in [6.45, 7) is 7.65. The quantitative estimate of drug-likeness (QED) is 0.401. The van der Waals surface area contributed by atoms with Gasteiger partial charge in [-0.15, -0.1) is 0 Å². The monoisotopic (exact) mass is 342 g/mol. The van der Waals surface area contributed by atoms with Gasteiger partial charge in [-0.05, 0) is 45.9 Å². The molecule has 0 atom stereocenters. The van der Waals surface area contributed by atoms with E-state index in [1.807, 2.05) is 12.1 Å². The van der Waals surface area contributed by atoms with Crippen LogP contribution in [-0.4, -0.2) is 6.61 Å². The lowest BCUT2D eigenvalue weighted by Crippen LogP contribution is -1.96. The summed E-state index contributed by atoms with van der Waals surface area (Å²) in [5, 5.41) is 0. The van der Waals surface area contributed by atoms with Gasteiger partial charge in [-0.2, -0.15) is 0 Å². The number of benzene rings is 3. The molecule has 0 saturated heterocycles. The number of unbranched alkanes of at least 4 members (excludes halogenated alkanes) is 1. The fourth-order valence-corrected chi connectivity index (χ4v) is 3.04. The summed E-state index contributed by atoms with van der Waals surface area (Å²) in [6, 6.07) is 25.7. The minimum Gasteiger partial charge on any atom is -0.377 e. The molecule has 0 aromatic heterocycles. The van der Waals surface area contributed by atoms with Crippen LogP contribution in [0.2, 0.25) is 0 Å². The van der Waals surface area contributed by atoms with E-state index < -0.39 is 0 Å². The molecule has 3 aromatic rings. The maximum Gasteiger partial charge on any atom is 0.0717 e. The van der Waals surface area contributed by atoms with Crippen LogP contribution < -0.4 is 0 Å². The van der Waals surface area contributed by atoms with E-state index in [1.165, 1.54) is 27.8 Å². The van der Waals surface area contributed by atoms with Crippen LogP contribution in [-0.2, 0) is 11.3 Å². The Balaban J connectivity index is 1.79. The summed E-state index contributed by atoms with van der Waals surface area (Å²) in [7, 11) is 0. The van der Waals surface area contributed by atoms with Crippen molar-refractivity contribution >= 4 is 6.08 Å². The Morgan fingerprint density at radius 2 is 1.54 bits per heavy atom. The molecule has 0 spiro atoms. The molecule has 0 aliphatic rings. The second kappa shape index (κ2) is 9.17. The molecule has 0 heterocycles. The number of ether oxygens (including phenoxy) is 1. The van der Waals surface area contributed by atoms with Gasteiger partial charge in [0, 0.05) is 6.61 Å². The first-order chi connectivity index (χ1) is 12.8. The summed E-state index contributed by atoms with van der Waals surface area (Å²) >= 11 is 0. The Hall–Kier alpha value is -2.64. The highest BCUT2D eigenvalue weighted by atomic mass is 16.5. The van der Waals surface area contributed by atoms with E-state index >= 15 is 0 Å². The van der Waals surface area contributed by atoms with Crippen LogP contribution in [0, 0.1) is 0 Å². The Morgan fingerprint density at radius 3 is 2.23 bits per heavy atom. The van der Waals surface area contributed by atoms with Crippen molar-refractivity contribution in [2.75, 3.05) is 6.61 Å². The smallest absolute Gasteiger partial charge is 0.0717 e. The Bertz CT molecular complexity index is 832. The zero-order valence-corrected chi connectivity index (χ0v) is 15.4. The van der Waals surface area contributed by atoms with E-state index in [4.69, 9.17) is 4.74 Å². The average Bonchev–Trinajstić information content (AvgIpc) is 2.72.